The van der Waals surface area contributed by atoms with Crippen LogP contribution in [0.4, 0.5) is 10.5 Å². The smallest absolute Gasteiger partial charge is 0.298 e. The molecule has 144 valence electrons. The SMILES string of the molecule is O=C1S/C(=C\c2ccccc2OCc2ccc(I)cc2)C(=O)N1c1ccccc1. The van der Waals surface area contributed by atoms with Crippen molar-refractivity contribution in [3.8, 4) is 5.75 Å². The zero-order chi connectivity index (χ0) is 20.2. The van der Waals surface area contributed by atoms with E-state index in [0.29, 0.717) is 22.9 Å². The van der Waals surface area contributed by atoms with E-state index < -0.39 is 0 Å². The first kappa shape index (κ1) is 19.7. The van der Waals surface area contributed by atoms with Gasteiger partial charge in [0.1, 0.15) is 12.4 Å². The van der Waals surface area contributed by atoms with Crippen LogP contribution in [-0.2, 0) is 11.4 Å². The highest BCUT2D eigenvalue weighted by Gasteiger charge is 2.36. The van der Waals surface area contributed by atoms with Crippen LogP contribution in [0.2, 0.25) is 0 Å². The van der Waals surface area contributed by atoms with Gasteiger partial charge in [0.15, 0.2) is 0 Å². The van der Waals surface area contributed by atoms with Crippen molar-refractivity contribution < 1.29 is 14.3 Å². The van der Waals surface area contributed by atoms with Crippen molar-refractivity contribution in [3.05, 3.63) is 98.5 Å². The highest BCUT2D eigenvalue weighted by molar-refractivity contribution is 14.1. The molecule has 1 fully saturated rings. The summed E-state index contributed by atoms with van der Waals surface area (Å²) in [6, 6.07) is 24.6. The second-order valence-corrected chi connectivity index (χ2v) is 8.54. The maximum atomic E-state index is 12.8. The molecule has 0 atom stereocenters. The zero-order valence-electron chi connectivity index (χ0n) is 15.2. The molecule has 3 aromatic carbocycles. The van der Waals surface area contributed by atoms with Crippen LogP contribution in [0.15, 0.2) is 83.8 Å². The maximum Gasteiger partial charge on any atom is 0.298 e. The minimum atomic E-state index is -0.321. The molecule has 6 heteroatoms. The molecule has 4 rings (SSSR count). The topological polar surface area (TPSA) is 46.6 Å². The normalized spacial score (nSPS) is 15.2. The van der Waals surface area contributed by atoms with Gasteiger partial charge in [-0.15, -0.1) is 0 Å². The molecule has 0 bridgehead atoms. The van der Waals surface area contributed by atoms with Crippen LogP contribution >= 0.6 is 34.4 Å². The van der Waals surface area contributed by atoms with Crippen LogP contribution < -0.4 is 9.64 Å². The van der Waals surface area contributed by atoms with Crippen molar-refractivity contribution in [2.45, 2.75) is 6.61 Å². The molecule has 0 saturated carbocycles. The number of halogens is 1. The lowest BCUT2D eigenvalue weighted by Gasteiger charge is -2.12. The van der Waals surface area contributed by atoms with Gasteiger partial charge >= 0.3 is 0 Å². The van der Waals surface area contributed by atoms with Gasteiger partial charge in [-0.25, -0.2) is 4.90 Å². The second-order valence-electron chi connectivity index (χ2n) is 6.31. The number of anilines is 1. The number of hydrogen-bond acceptors (Lipinski definition) is 4. The van der Waals surface area contributed by atoms with Gasteiger partial charge < -0.3 is 4.74 Å². The Kier molecular flexibility index (Phi) is 6.01. The first-order valence-corrected chi connectivity index (χ1v) is 10.8. The molecule has 0 unspecified atom stereocenters. The molecule has 0 N–H and O–H groups in total. The summed E-state index contributed by atoms with van der Waals surface area (Å²) >= 11 is 3.20. The lowest BCUT2D eigenvalue weighted by molar-refractivity contribution is -0.113. The molecule has 29 heavy (non-hydrogen) atoms. The van der Waals surface area contributed by atoms with E-state index in [1.54, 1.807) is 30.3 Å². The first-order valence-electron chi connectivity index (χ1n) is 8.91. The number of carbonyl (C=O) groups excluding carboxylic acids is 2. The molecule has 0 spiro atoms. The van der Waals surface area contributed by atoms with E-state index in [-0.39, 0.29) is 11.1 Å². The summed E-state index contributed by atoms with van der Waals surface area (Å²) in [5.74, 6) is 0.344. The number of ether oxygens (including phenoxy) is 1. The van der Waals surface area contributed by atoms with Crippen LogP contribution in [-0.4, -0.2) is 11.1 Å². The predicted molar refractivity (Wildman–Crippen MR) is 125 cm³/mol. The van der Waals surface area contributed by atoms with Gasteiger partial charge in [-0.1, -0.05) is 48.5 Å². The third-order valence-electron chi connectivity index (χ3n) is 4.32. The highest BCUT2D eigenvalue weighted by atomic mass is 127. The van der Waals surface area contributed by atoms with Crippen LogP contribution in [0.1, 0.15) is 11.1 Å². The van der Waals surface area contributed by atoms with Crippen LogP contribution in [0.25, 0.3) is 6.08 Å². The third kappa shape index (κ3) is 4.54. The number of rotatable bonds is 5. The summed E-state index contributed by atoms with van der Waals surface area (Å²) in [6.45, 7) is 0.424. The Morgan fingerprint density at radius 2 is 1.59 bits per heavy atom. The molecule has 1 heterocycles. The van der Waals surface area contributed by atoms with Crippen molar-refractivity contribution in [2.75, 3.05) is 4.90 Å². The largest absolute Gasteiger partial charge is 0.488 e. The van der Waals surface area contributed by atoms with E-state index in [1.165, 1.54) is 8.47 Å². The number of nitrogens with zero attached hydrogens (tertiary/aromatic N) is 1. The Labute approximate surface area is 186 Å². The number of hydrogen-bond donors (Lipinski definition) is 0. The standard InChI is InChI=1S/C23H16INO3S/c24-18-12-10-16(11-13-18)15-28-20-9-5-4-6-17(20)14-21-22(26)25(23(27)29-21)19-7-2-1-3-8-19/h1-14H,15H2/b21-14-. The fourth-order valence-corrected chi connectivity index (χ4v) is 4.07. The number of carbonyl (C=O) groups is 2. The molecule has 2 amide bonds. The van der Waals surface area contributed by atoms with E-state index in [1.807, 2.05) is 54.6 Å². The fraction of sp³-hybridized carbons (Fsp3) is 0.0435. The summed E-state index contributed by atoms with van der Waals surface area (Å²) in [6.07, 6.45) is 1.72. The molecule has 1 aliphatic heterocycles. The van der Waals surface area contributed by atoms with Gasteiger partial charge in [0.2, 0.25) is 0 Å². The maximum absolute atomic E-state index is 12.8. The number of para-hydroxylation sites is 2. The van der Waals surface area contributed by atoms with E-state index in [2.05, 4.69) is 22.6 Å². The van der Waals surface area contributed by atoms with E-state index in [9.17, 15) is 9.59 Å². The lowest BCUT2D eigenvalue weighted by Crippen LogP contribution is -2.27. The van der Waals surface area contributed by atoms with Crippen molar-refractivity contribution in [2.24, 2.45) is 0 Å². The number of benzene rings is 3. The number of amides is 2. The Morgan fingerprint density at radius 1 is 0.897 bits per heavy atom. The molecular formula is C23H16INO3S. The van der Waals surface area contributed by atoms with Crippen LogP contribution in [0.5, 0.6) is 5.75 Å². The second kappa shape index (κ2) is 8.84. The summed E-state index contributed by atoms with van der Waals surface area (Å²) in [7, 11) is 0. The minimum absolute atomic E-state index is 0.301. The zero-order valence-corrected chi connectivity index (χ0v) is 18.2. The molecular weight excluding hydrogens is 497 g/mol. The average molecular weight is 513 g/mol. The van der Waals surface area contributed by atoms with Crippen LogP contribution in [0.3, 0.4) is 0 Å². The van der Waals surface area contributed by atoms with E-state index in [4.69, 9.17) is 4.74 Å². The first-order chi connectivity index (χ1) is 14.1. The van der Waals surface area contributed by atoms with Gasteiger partial charge in [0.25, 0.3) is 11.1 Å². The molecule has 1 aliphatic rings. The highest BCUT2D eigenvalue weighted by Crippen LogP contribution is 2.36. The third-order valence-corrected chi connectivity index (χ3v) is 5.91. The summed E-state index contributed by atoms with van der Waals surface area (Å²) in [5.41, 5.74) is 2.39. The molecule has 0 radical (unpaired) electrons. The summed E-state index contributed by atoms with van der Waals surface area (Å²) in [4.78, 5) is 26.8. The molecule has 1 saturated heterocycles. The predicted octanol–water partition coefficient (Wildman–Crippen LogP) is 6.11. The molecule has 0 aliphatic carbocycles. The Morgan fingerprint density at radius 3 is 2.34 bits per heavy atom. The monoisotopic (exact) mass is 513 g/mol. The molecule has 4 nitrogen and oxygen atoms in total. The minimum Gasteiger partial charge on any atom is -0.488 e. The van der Waals surface area contributed by atoms with Crippen molar-refractivity contribution in [1.29, 1.82) is 0 Å². The fourth-order valence-electron chi connectivity index (χ4n) is 2.88. The quantitative estimate of drug-likeness (QED) is 0.305. The van der Waals surface area contributed by atoms with E-state index in [0.717, 1.165) is 22.9 Å². The van der Waals surface area contributed by atoms with Crippen LogP contribution in [0, 0.1) is 3.57 Å². The van der Waals surface area contributed by atoms with Crippen molar-refractivity contribution in [3.63, 3.8) is 0 Å². The number of thioether (sulfide) groups is 1. The van der Waals surface area contributed by atoms with Gasteiger partial charge in [-0.2, -0.15) is 0 Å². The average Bonchev–Trinajstić information content (AvgIpc) is 3.02. The Bertz CT molecular complexity index is 1080. The summed E-state index contributed by atoms with van der Waals surface area (Å²) < 4.78 is 7.15. The van der Waals surface area contributed by atoms with Gasteiger partial charge in [0.05, 0.1) is 10.6 Å². The number of imide groups is 1. The van der Waals surface area contributed by atoms with E-state index >= 15 is 0 Å². The van der Waals surface area contributed by atoms with Gasteiger partial charge in [0, 0.05) is 9.13 Å². The Balaban J connectivity index is 1.56. The van der Waals surface area contributed by atoms with Gasteiger partial charge in [-0.05, 0) is 76.3 Å². The van der Waals surface area contributed by atoms with Gasteiger partial charge in [-0.3, -0.25) is 9.59 Å². The lowest BCUT2D eigenvalue weighted by atomic mass is 10.1. The van der Waals surface area contributed by atoms with Crippen molar-refractivity contribution in [1.82, 2.24) is 0 Å². The van der Waals surface area contributed by atoms with Crippen molar-refractivity contribution >= 4 is 57.3 Å². The summed E-state index contributed by atoms with van der Waals surface area (Å²) in [5, 5.41) is -0.301. The molecule has 3 aromatic rings. The Hall–Kier alpha value is -2.58. The molecule has 0 aromatic heterocycles.